The summed E-state index contributed by atoms with van der Waals surface area (Å²) in [5.41, 5.74) is 2.24. The van der Waals surface area contributed by atoms with Crippen molar-refractivity contribution in [1.29, 1.82) is 0 Å². The molecule has 0 aromatic carbocycles. The number of dihydropyridines is 1. The van der Waals surface area contributed by atoms with Gasteiger partial charge in [0.15, 0.2) is 11.6 Å². The Morgan fingerprint density at radius 1 is 1.22 bits per heavy atom. The summed E-state index contributed by atoms with van der Waals surface area (Å²) in [5, 5.41) is 14.4. The number of hydrogen-bond donors (Lipinski definition) is 1. The fourth-order valence-corrected chi connectivity index (χ4v) is 3.51. The lowest BCUT2D eigenvalue weighted by atomic mass is 9.79. The van der Waals surface area contributed by atoms with E-state index in [0.29, 0.717) is 34.8 Å². The van der Waals surface area contributed by atoms with E-state index in [2.05, 4.69) is 10.3 Å². The van der Waals surface area contributed by atoms with Crippen LogP contribution in [0.25, 0.3) is 0 Å². The van der Waals surface area contributed by atoms with Crippen molar-refractivity contribution < 1.29 is 14.5 Å². The van der Waals surface area contributed by atoms with E-state index in [9.17, 15) is 19.7 Å². The Labute approximate surface area is 158 Å². The van der Waals surface area contributed by atoms with Gasteiger partial charge in [-0.15, -0.1) is 0 Å². The van der Waals surface area contributed by atoms with Crippen molar-refractivity contribution in [3.8, 4) is 0 Å². The van der Waals surface area contributed by atoms with Crippen LogP contribution in [0.15, 0.2) is 28.7 Å². The van der Waals surface area contributed by atoms with Gasteiger partial charge in [0.1, 0.15) is 6.20 Å². The molecule has 1 aromatic rings. The Morgan fingerprint density at radius 3 is 2.30 bits per heavy atom. The molecule has 1 atom stereocenters. The van der Waals surface area contributed by atoms with E-state index < -0.39 is 10.8 Å². The maximum Gasteiger partial charge on any atom is 0.342 e. The summed E-state index contributed by atoms with van der Waals surface area (Å²) in [7, 11) is 1.54. The summed E-state index contributed by atoms with van der Waals surface area (Å²) in [6, 6.07) is 0. The van der Waals surface area contributed by atoms with E-state index in [0.717, 1.165) is 12.8 Å². The molecule has 8 nitrogen and oxygen atoms in total. The molecule has 0 aliphatic carbocycles. The third kappa shape index (κ3) is 3.84. The molecule has 0 saturated carbocycles. The van der Waals surface area contributed by atoms with Crippen molar-refractivity contribution in [3.05, 3.63) is 44.7 Å². The fourth-order valence-electron chi connectivity index (χ4n) is 3.51. The van der Waals surface area contributed by atoms with Gasteiger partial charge < -0.3 is 15.4 Å². The van der Waals surface area contributed by atoms with Crippen LogP contribution in [0, 0.1) is 10.1 Å². The summed E-state index contributed by atoms with van der Waals surface area (Å²) in [4.78, 5) is 40.6. The van der Waals surface area contributed by atoms with Crippen LogP contribution in [-0.2, 0) is 16.6 Å². The van der Waals surface area contributed by atoms with Gasteiger partial charge in [-0.1, -0.05) is 20.3 Å². The predicted molar refractivity (Wildman–Crippen MR) is 101 cm³/mol. The second kappa shape index (κ2) is 8.28. The normalized spacial score (nSPS) is 17.1. The zero-order valence-corrected chi connectivity index (χ0v) is 16.5. The van der Waals surface area contributed by atoms with Gasteiger partial charge in [-0.25, -0.2) is 9.55 Å². The lowest BCUT2D eigenvalue weighted by Gasteiger charge is -2.29. The summed E-state index contributed by atoms with van der Waals surface area (Å²) < 4.78 is 1.35. The molecule has 1 aliphatic rings. The highest BCUT2D eigenvalue weighted by molar-refractivity contribution is 6.05. The molecular weight excluding hydrogens is 348 g/mol. The Kier molecular flexibility index (Phi) is 6.30. The minimum absolute atomic E-state index is 0.0635. The largest absolute Gasteiger partial charge is 0.362 e. The number of carbonyl (C=O) groups is 2. The SMILES string of the molecule is CCCCC(=O)C1=C(C)NC(C)=C(C(=O)CC)C1c1ncc([N+](=O)[O-])n1C. The lowest BCUT2D eigenvalue weighted by Crippen LogP contribution is -2.32. The molecule has 0 saturated heterocycles. The van der Waals surface area contributed by atoms with Crippen LogP contribution in [0.5, 0.6) is 0 Å². The Morgan fingerprint density at radius 2 is 1.81 bits per heavy atom. The van der Waals surface area contributed by atoms with Crippen molar-refractivity contribution in [2.45, 2.75) is 59.3 Å². The first-order valence-electron chi connectivity index (χ1n) is 9.15. The van der Waals surface area contributed by atoms with Gasteiger partial charge in [0, 0.05) is 35.4 Å². The van der Waals surface area contributed by atoms with E-state index >= 15 is 0 Å². The number of nitrogens with zero attached hydrogens (tertiary/aromatic N) is 3. The van der Waals surface area contributed by atoms with E-state index in [-0.39, 0.29) is 23.8 Å². The summed E-state index contributed by atoms with van der Waals surface area (Å²) in [5.74, 6) is -0.724. The van der Waals surface area contributed by atoms with Crippen LogP contribution in [0.4, 0.5) is 5.82 Å². The van der Waals surface area contributed by atoms with Crippen molar-refractivity contribution in [2.75, 3.05) is 0 Å². The molecule has 0 spiro atoms. The van der Waals surface area contributed by atoms with Crippen molar-refractivity contribution in [1.82, 2.24) is 14.9 Å². The molecule has 0 bridgehead atoms. The van der Waals surface area contributed by atoms with Gasteiger partial charge in [-0.05, 0) is 25.2 Å². The minimum atomic E-state index is -0.707. The predicted octanol–water partition coefficient (Wildman–Crippen LogP) is 3.30. The van der Waals surface area contributed by atoms with E-state index in [1.807, 2.05) is 6.92 Å². The van der Waals surface area contributed by atoms with Gasteiger partial charge >= 0.3 is 5.82 Å². The standard InChI is InChI=1S/C19H26N4O4/c1-6-8-9-14(25)17-12(4)21-11(3)16(13(24)7-2)18(17)19-20-10-15(22(19)5)23(26)27/h10,18,21H,6-9H2,1-5H3. The Bertz CT molecular complexity index is 848. The molecule has 0 radical (unpaired) electrons. The quantitative estimate of drug-likeness (QED) is 0.552. The van der Waals surface area contributed by atoms with Gasteiger partial charge in [-0.2, -0.15) is 0 Å². The third-order valence-electron chi connectivity index (χ3n) is 4.88. The van der Waals surface area contributed by atoms with Crippen LogP contribution >= 0.6 is 0 Å². The molecule has 1 aromatic heterocycles. The Balaban J connectivity index is 2.68. The summed E-state index contributed by atoms with van der Waals surface area (Å²) in [6.07, 6.45) is 3.42. The molecule has 146 valence electrons. The number of nitro groups is 1. The molecule has 27 heavy (non-hydrogen) atoms. The van der Waals surface area contributed by atoms with Crippen molar-refractivity contribution >= 4 is 17.4 Å². The number of imidazole rings is 1. The van der Waals surface area contributed by atoms with E-state index in [1.165, 1.54) is 17.8 Å². The maximum atomic E-state index is 13.0. The number of carbonyl (C=O) groups excluding carboxylic acids is 2. The highest BCUT2D eigenvalue weighted by atomic mass is 16.6. The van der Waals surface area contributed by atoms with Crippen LogP contribution in [0.3, 0.4) is 0 Å². The van der Waals surface area contributed by atoms with Crippen molar-refractivity contribution in [3.63, 3.8) is 0 Å². The number of hydrogen-bond acceptors (Lipinski definition) is 6. The number of Topliss-reactive ketones (excluding diaryl/α,β-unsaturated/α-hetero) is 2. The molecule has 1 aliphatic heterocycles. The van der Waals surface area contributed by atoms with Gasteiger partial charge in [0.2, 0.25) is 5.82 Å². The van der Waals surface area contributed by atoms with Gasteiger partial charge in [0.25, 0.3) is 0 Å². The number of nitrogens with one attached hydrogen (secondary N) is 1. The monoisotopic (exact) mass is 374 g/mol. The lowest BCUT2D eigenvalue weighted by molar-refractivity contribution is -0.391. The number of allylic oxidation sites excluding steroid dienone is 4. The number of unbranched alkanes of at least 4 members (excludes halogenated alkanes) is 1. The molecule has 2 rings (SSSR count). The van der Waals surface area contributed by atoms with Gasteiger partial charge in [-0.3, -0.25) is 9.59 Å². The van der Waals surface area contributed by atoms with Crippen LogP contribution in [-0.4, -0.2) is 26.0 Å². The first kappa shape index (κ1) is 20.5. The van der Waals surface area contributed by atoms with E-state index in [1.54, 1.807) is 20.8 Å². The average molecular weight is 374 g/mol. The summed E-state index contributed by atoms with van der Waals surface area (Å²) in [6.45, 7) is 7.33. The van der Waals surface area contributed by atoms with Crippen LogP contribution < -0.4 is 5.32 Å². The minimum Gasteiger partial charge on any atom is -0.362 e. The third-order valence-corrected chi connectivity index (χ3v) is 4.88. The molecule has 1 N–H and O–H groups in total. The average Bonchev–Trinajstić information content (AvgIpc) is 2.99. The second-order valence-corrected chi connectivity index (χ2v) is 6.73. The second-order valence-electron chi connectivity index (χ2n) is 6.73. The first-order valence-corrected chi connectivity index (χ1v) is 9.15. The Hall–Kier alpha value is -2.77. The van der Waals surface area contributed by atoms with E-state index in [4.69, 9.17) is 0 Å². The molecule has 8 heteroatoms. The van der Waals surface area contributed by atoms with Gasteiger partial charge in [0.05, 0.1) is 13.0 Å². The number of ketones is 2. The smallest absolute Gasteiger partial charge is 0.342 e. The van der Waals surface area contributed by atoms with Crippen LogP contribution in [0.2, 0.25) is 0 Å². The summed E-state index contributed by atoms with van der Waals surface area (Å²) >= 11 is 0. The zero-order valence-electron chi connectivity index (χ0n) is 16.5. The van der Waals surface area contributed by atoms with Crippen LogP contribution in [0.1, 0.15) is 65.1 Å². The fraction of sp³-hybridized carbons (Fsp3) is 0.526. The first-order chi connectivity index (χ1) is 12.7. The highest BCUT2D eigenvalue weighted by Gasteiger charge is 2.40. The number of rotatable bonds is 8. The number of aromatic nitrogens is 2. The molecule has 2 heterocycles. The zero-order chi connectivity index (χ0) is 20.3. The molecule has 0 amide bonds. The molecular formula is C19H26N4O4. The molecule has 1 unspecified atom stereocenters. The topological polar surface area (TPSA) is 107 Å². The maximum absolute atomic E-state index is 13.0. The highest BCUT2D eigenvalue weighted by Crippen LogP contribution is 2.40. The van der Waals surface area contributed by atoms with Crippen molar-refractivity contribution in [2.24, 2.45) is 7.05 Å². The molecule has 0 fully saturated rings.